The molecule has 1 amide bonds. The zero-order chi connectivity index (χ0) is 11.6. The van der Waals surface area contributed by atoms with Crippen molar-refractivity contribution in [3.63, 3.8) is 0 Å². The molecule has 1 heterocycles. The van der Waals surface area contributed by atoms with E-state index in [-0.39, 0.29) is 15.9 Å². The predicted molar refractivity (Wildman–Crippen MR) is 46.2 cm³/mol. The number of halogens is 2. The maximum atomic E-state index is 12.2. The van der Waals surface area contributed by atoms with Crippen LogP contribution in [-0.2, 0) is 0 Å². The first kappa shape index (κ1) is 11.1. The molecule has 0 saturated heterocycles. The largest absolute Gasteiger partial charge is 0.343 e. The van der Waals surface area contributed by atoms with Gasteiger partial charge >= 0.3 is 6.55 Å². The van der Waals surface area contributed by atoms with E-state index in [0.717, 1.165) is 6.20 Å². The number of hydrogen-bond acceptors (Lipinski definition) is 3. The summed E-state index contributed by atoms with van der Waals surface area (Å²) >= 11 is 0. The van der Waals surface area contributed by atoms with Gasteiger partial charge in [0.1, 0.15) is 11.6 Å². The molecule has 80 valence electrons. The predicted octanol–water partition coefficient (Wildman–Crippen LogP) is 0.852. The third-order valence-electron chi connectivity index (χ3n) is 1.66. The minimum Gasteiger partial charge on any atom is -0.343 e. The van der Waals surface area contributed by atoms with Gasteiger partial charge in [-0.25, -0.2) is 4.68 Å². The molecular formula is C8H8F2N4O. The van der Waals surface area contributed by atoms with Gasteiger partial charge in [-0.1, -0.05) is 0 Å². The van der Waals surface area contributed by atoms with Crippen LogP contribution in [0.5, 0.6) is 0 Å². The Balaban J connectivity index is 3.18. The Hall–Kier alpha value is -1.97. The van der Waals surface area contributed by atoms with E-state index in [9.17, 15) is 13.6 Å². The number of nitriles is 1. The van der Waals surface area contributed by atoms with E-state index in [1.807, 2.05) is 0 Å². The molecule has 0 bridgehead atoms. The SMILES string of the molecule is CN(C)C(=O)c1nn(C(F)F)cc1C#N. The lowest BCUT2D eigenvalue weighted by atomic mass is 10.2. The first-order chi connectivity index (χ1) is 6.97. The summed E-state index contributed by atoms with van der Waals surface area (Å²) in [5.41, 5.74) is -0.420. The molecule has 1 rings (SSSR count). The Morgan fingerprint density at radius 2 is 2.27 bits per heavy atom. The third-order valence-corrected chi connectivity index (χ3v) is 1.66. The van der Waals surface area contributed by atoms with E-state index in [1.54, 1.807) is 6.07 Å². The van der Waals surface area contributed by atoms with Crippen molar-refractivity contribution in [1.82, 2.24) is 14.7 Å². The second-order valence-electron chi connectivity index (χ2n) is 2.96. The van der Waals surface area contributed by atoms with Crippen molar-refractivity contribution >= 4 is 5.91 Å². The minimum absolute atomic E-state index is 0.158. The molecule has 7 heteroatoms. The highest BCUT2D eigenvalue weighted by Gasteiger charge is 2.20. The summed E-state index contributed by atoms with van der Waals surface area (Å²) in [5, 5.41) is 12.0. The number of aromatic nitrogens is 2. The Morgan fingerprint density at radius 1 is 1.67 bits per heavy atom. The highest BCUT2D eigenvalue weighted by Crippen LogP contribution is 2.14. The minimum atomic E-state index is -2.86. The van der Waals surface area contributed by atoms with Crippen LogP contribution in [-0.4, -0.2) is 34.7 Å². The van der Waals surface area contributed by atoms with Gasteiger partial charge in [-0.2, -0.15) is 19.1 Å². The molecule has 15 heavy (non-hydrogen) atoms. The highest BCUT2D eigenvalue weighted by atomic mass is 19.3. The molecule has 0 fully saturated rings. The van der Waals surface area contributed by atoms with Gasteiger partial charge in [0, 0.05) is 20.3 Å². The fourth-order valence-electron chi connectivity index (χ4n) is 0.943. The molecule has 0 atom stereocenters. The van der Waals surface area contributed by atoms with Crippen molar-refractivity contribution < 1.29 is 13.6 Å². The summed E-state index contributed by atoms with van der Waals surface area (Å²) in [6.45, 7) is -2.86. The molecule has 1 aromatic rings. The molecule has 1 aromatic heterocycles. The van der Waals surface area contributed by atoms with E-state index in [4.69, 9.17) is 5.26 Å². The summed E-state index contributed by atoms with van der Waals surface area (Å²) in [4.78, 5) is 12.6. The van der Waals surface area contributed by atoms with Gasteiger partial charge in [-0.05, 0) is 0 Å². The fraction of sp³-hybridized carbons (Fsp3) is 0.375. The van der Waals surface area contributed by atoms with E-state index < -0.39 is 12.5 Å². The lowest BCUT2D eigenvalue weighted by Gasteiger charge is -2.07. The van der Waals surface area contributed by atoms with E-state index in [1.165, 1.54) is 19.0 Å². The van der Waals surface area contributed by atoms with E-state index >= 15 is 0 Å². The number of carbonyl (C=O) groups excluding carboxylic acids is 1. The van der Waals surface area contributed by atoms with Crippen molar-refractivity contribution in [1.29, 1.82) is 5.26 Å². The van der Waals surface area contributed by atoms with Gasteiger partial charge in [0.05, 0.1) is 0 Å². The zero-order valence-electron chi connectivity index (χ0n) is 8.11. The molecule has 0 aliphatic carbocycles. The van der Waals surface area contributed by atoms with Crippen LogP contribution in [0.15, 0.2) is 6.20 Å². The van der Waals surface area contributed by atoms with Crippen LogP contribution in [0.1, 0.15) is 22.6 Å². The molecule has 0 aliphatic rings. The molecule has 0 saturated carbocycles. The van der Waals surface area contributed by atoms with Crippen LogP contribution in [0, 0.1) is 11.3 Å². The number of carbonyl (C=O) groups is 1. The fourth-order valence-corrected chi connectivity index (χ4v) is 0.943. The van der Waals surface area contributed by atoms with Crippen LogP contribution in [0.3, 0.4) is 0 Å². The summed E-state index contributed by atoms with van der Waals surface area (Å²) in [6, 6.07) is 1.64. The Morgan fingerprint density at radius 3 is 2.67 bits per heavy atom. The van der Waals surface area contributed by atoms with Crippen LogP contribution >= 0.6 is 0 Å². The maximum Gasteiger partial charge on any atom is 0.333 e. The Bertz CT molecular complexity index is 419. The van der Waals surface area contributed by atoms with Crippen molar-refractivity contribution in [2.45, 2.75) is 6.55 Å². The molecule has 0 N–H and O–H groups in total. The number of hydrogen-bond donors (Lipinski definition) is 0. The first-order valence-electron chi connectivity index (χ1n) is 3.96. The normalized spacial score (nSPS) is 10.1. The maximum absolute atomic E-state index is 12.2. The second-order valence-corrected chi connectivity index (χ2v) is 2.96. The summed E-state index contributed by atoms with van der Waals surface area (Å²) < 4.78 is 24.7. The highest BCUT2D eigenvalue weighted by molar-refractivity contribution is 5.94. The van der Waals surface area contributed by atoms with Gasteiger partial charge < -0.3 is 4.90 Å². The number of alkyl halides is 2. The Labute approximate surface area is 84.5 Å². The number of nitrogens with zero attached hydrogens (tertiary/aromatic N) is 4. The first-order valence-corrected chi connectivity index (χ1v) is 3.96. The van der Waals surface area contributed by atoms with E-state index in [0.29, 0.717) is 0 Å². The second kappa shape index (κ2) is 4.04. The van der Waals surface area contributed by atoms with Crippen LogP contribution in [0.2, 0.25) is 0 Å². The van der Waals surface area contributed by atoms with Gasteiger partial charge in [-0.15, -0.1) is 0 Å². The molecule has 0 unspecified atom stereocenters. The van der Waals surface area contributed by atoms with Crippen molar-refractivity contribution in [2.75, 3.05) is 14.1 Å². The van der Waals surface area contributed by atoms with Gasteiger partial charge in [-0.3, -0.25) is 4.79 Å². The van der Waals surface area contributed by atoms with Crippen LogP contribution in [0.25, 0.3) is 0 Å². The lowest BCUT2D eigenvalue weighted by Crippen LogP contribution is -2.23. The van der Waals surface area contributed by atoms with Crippen molar-refractivity contribution in [3.05, 3.63) is 17.5 Å². The molecule has 0 aliphatic heterocycles. The summed E-state index contributed by atoms with van der Waals surface area (Å²) in [6.07, 6.45) is 0.849. The quantitative estimate of drug-likeness (QED) is 0.733. The average molecular weight is 214 g/mol. The molecular weight excluding hydrogens is 206 g/mol. The van der Waals surface area contributed by atoms with Gasteiger partial charge in [0.2, 0.25) is 0 Å². The van der Waals surface area contributed by atoms with Crippen molar-refractivity contribution in [2.24, 2.45) is 0 Å². The smallest absolute Gasteiger partial charge is 0.333 e. The van der Waals surface area contributed by atoms with E-state index in [2.05, 4.69) is 5.10 Å². The number of amides is 1. The summed E-state index contributed by atoms with van der Waals surface area (Å²) in [5.74, 6) is -0.578. The zero-order valence-corrected chi connectivity index (χ0v) is 8.11. The molecule has 5 nitrogen and oxygen atoms in total. The molecule has 0 spiro atoms. The third kappa shape index (κ3) is 2.10. The monoisotopic (exact) mass is 214 g/mol. The van der Waals surface area contributed by atoms with Crippen LogP contribution < -0.4 is 0 Å². The Kier molecular flexibility index (Phi) is 2.99. The average Bonchev–Trinajstić information content (AvgIpc) is 2.59. The van der Waals surface area contributed by atoms with Gasteiger partial charge in [0.25, 0.3) is 5.91 Å². The standard InChI is InChI=1S/C8H8F2N4O/c1-13(2)7(15)6-5(3-11)4-14(12-6)8(9)10/h4,8H,1-2H3. The molecule has 0 aromatic carbocycles. The summed E-state index contributed by atoms with van der Waals surface area (Å²) in [7, 11) is 2.90. The number of rotatable bonds is 2. The lowest BCUT2D eigenvalue weighted by molar-refractivity contribution is 0.0555. The van der Waals surface area contributed by atoms with Crippen molar-refractivity contribution in [3.8, 4) is 6.07 Å². The topological polar surface area (TPSA) is 61.9 Å². The van der Waals surface area contributed by atoms with Gasteiger partial charge in [0.15, 0.2) is 5.69 Å². The molecule has 0 radical (unpaired) electrons. The van der Waals surface area contributed by atoms with Crippen LogP contribution in [0.4, 0.5) is 8.78 Å².